The van der Waals surface area contributed by atoms with Crippen molar-refractivity contribution < 1.29 is 5.11 Å². The minimum Gasteiger partial charge on any atom is -0.396 e. The van der Waals surface area contributed by atoms with Crippen LogP contribution in [0.15, 0.2) is 54.9 Å². The SMILES string of the molecule is OCC(Cc1ccncc1)c1ccccc1. The average molecular weight is 213 g/mol. The second-order valence-corrected chi connectivity index (χ2v) is 3.85. The van der Waals surface area contributed by atoms with Gasteiger partial charge in [0.1, 0.15) is 0 Å². The van der Waals surface area contributed by atoms with Gasteiger partial charge in [-0.1, -0.05) is 30.3 Å². The molecule has 82 valence electrons. The standard InChI is InChI=1S/C14H15NO/c16-11-14(13-4-2-1-3-5-13)10-12-6-8-15-9-7-12/h1-9,14,16H,10-11H2. The Morgan fingerprint density at radius 3 is 2.31 bits per heavy atom. The van der Waals surface area contributed by atoms with E-state index in [9.17, 15) is 5.11 Å². The van der Waals surface area contributed by atoms with Crippen LogP contribution in [0.5, 0.6) is 0 Å². The largest absolute Gasteiger partial charge is 0.396 e. The molecule has 2 nitrogen and oxygen atoms in total. The molecule has 0 saturated carbocycles. The number of hydrogen-bond acceptors (Lipinski definition) is 2. The first-order chi connectivity index (χ1) is 7.90. The molecule has 2 heteroatoms. The Hall–Kier alpha value is -1.67. The molecule has 16 heavy (non-hydrogen) atoms. The van der Waals surface area contributed by atoms with E-state index < -0.39 is 0 Å². The molecule has 0 aliphatic carbocycles. The van der Waals surface area contributed by atoms with Crippen molar-refractivity contribution >= 4 is 0 Å². The zero-order valence-corrected chi connectivity index (χ0v) is 9.08. The lowest BCUT2D eigenvalue weighted by atomic mass is 9.93. The van der Waals surface area contributed by atoms with Crippen LogP contribution in [0, 0.1) is 0 Å². The minimum atomic E-state index is 0.170. The predicted molar refractivity (Wildman–Crippen MR) is 64.2 cm³/mol. The summed E-state index contributed by atoms with van der Waals surface area (Å²) < 4.78 is 0. The highest BCUT2D eigenvalue weighted by atomic mass is 16.3. The molecule has 2 rings (SSSR count). The van der Waals surface area contributed by atoms with Crippen LogP contribution < -0.4 is 0 Å². The molecule has 1 N–H and O–H groups in total. The molecule has 0 amide bonds. The lowest BCUT2D eigenvalue weighted by molar-refractivity contribution is 0.264. The molecule has 0 spiro atoms. The summed E-state index contributed by atoms with van der Waals surface area (Å²) in [6, 6.07) is 14.1. The van der Waals surface area contributed by atoms with Crippen LogP contribution in [0.4, 0.5) is 0 Å². The summed E-state index contributed by atoms with van der Waals surface area (Å²) >= 11 is 0. The van der Waals surface area contributed by atoms with Crippen LogP contribution >= 0.6 is 0 Å². The minimum absolute atomic E-state index is 0.170. The Morgan fingerprint density at radius 1 is 1.00 bits per heavy atom. The van der Waals surface area contributed by atoms with Crippen molar-refractivity contribution in [1.82, 2.24) is 4.98 Å². The van der Waals surface area contributed by atoms with E-state index in [0.717, 1.165) is 6.42 Å². The first kappa shape index (κ1) is 10.8. The normalized spacial score (nSPS) is 12.3. The quantitative estimate of drug-likeness (QED) is 0.846. The maximum atomic E-state index is 9.43. The third kappa shape index (κ3) is 2.67. The zero-order valence-electron chi connectivity index (χ0n) is 9.08. The van der Waals surface area contributed by atoms with Gasteiger partial charge in [-0.25, -0.2) is 0 Å². The van der Waals surface area contributed by atoms with Gasteiger partial charge < -0.3 is 5.11 Å². The molecule has 2 aromatic rings. The van der Waals surface area contributed by atoms with E-state index in [1.165, 1.54) is 11.1 Å². The molecule has 1 unspecified atom stereocenters. The Morgan fingerprint density at radius 2 is 1.69 bits per heavy atom. The number of rotatable bonds is 4. The number of aliphatic hydroxyl groups is 1. The highest BCUT2D eigenvalue weighted by Crippen LogP contribution is 2.19. The number of benzene rings is 1. The van der Waals surface area contributed by atoms with Crippen LogP contribution in [-0.2, 0) is 6.42 Å². The smallest absolute Gasteiger partial charge is 0.0502 e. The first-order valence-corrected chi connectivity index (χ1v) is 5.45. The fraction of sp³-hybridized carbons (Fsp3) is 0.214. The van der Waals surface area contributed by atoms with Crippen molar-refractivity contribution in [3.05, 3.63) is 66.0 Å². The maximum Gasteiger partial charge on any atom is 0.0502 e. The fourth-order valence-electron chi connectivity index (χ4n) is 1.82. The molecule has 0 aliphatic rings. The summed E-state index contributed by atoms with van der Waals surface area (Å²) in [5, 5.41) is 9.43. The van der Waals surface area contributed by atoms with Crippen molar-refractivity contribution in [1.29, 1.82) is 0 Å². The van der Waals surface area contributed by atoms with Gasteiger partial charge in [-0.3, -0.25) is 4.98 Å². The molecule has 0 saturated heterocycles. The number of aliphatic hydroxyl groups excluding tert-OH is 1. The molecule has 1 aromatic carbocycles. The van der Waals surface area contributed by atoms with Crippen molar-refractivity contribution in [3.63, 3.8) is 0 Å². The molecular formula is C14H15NO. The van der Waals surface area contributed by atoms with Gasteiger partial charge in [-0.15, -0.1) is 0 Å². The summed E-state index contributed by atoms with van der Waals surface area (Å²) in [6.45, 7) is 0.173. The van der Waals surface area contributed by atoms with E-state index in [1.807, 2.05) is 30.3 Å². The highest BCUT2D eigenvalue weighted by Gasteiger charge is 2.10. The third-order valence-corrected chi connectivity index (χ3v) is 2.72. The summed E-state index contributed by atoms with van der Waals surface area (Å²) in [4.78, 5) is 3.99. The average Bonchev–Trinajstić information content (AvgIpc) is 2.38. The molecule has 1 aromatic heterocycles. The third-order valence-electron chi connectivity index (χ3n) is 2.72. The van der Waals surface area contributed by atoms with Gasteiger partial charge in [0, 0.05) is 18.3 Å². The van der Waals surface area contributed by atoms with Crippen LogP contribution in [0.1, 0.15) is 17.0 Å². The van der Waals surface area contributed by atoms with Gasteiger partial charge in [-0.2, -0.15) is 0 Å². The lowest BCUT2D eigenvalue weighted by Gasteiger charge is -2.14. The van der Waals surface area contributed by atoms with Gasteiger partial charge >= 0.3 is 0 Å². The Kier molecular flexibility index (Phi) is 3.67. The van der Waals surface area contributed by atoms with Gasteiger partial charge in [0.2, 0.25) is 0 Å². The van der Waals surface area contributed by atoms with Crippen LogP contribution in [-0.4, -0.2) is 16.7 Å². The van der Waals surface area contributed by atoms with E-state index in [1.54, 1.807) is 12.4 Å². The topological polar surface area (TPSA) is 33.1 Å². The van der Waals surface area contributed by atoms with Crippen LogP contribution in [0.3, 0.4) is 0 Å². The first-order valence-electron chi connectivity index (χ1n) is 5.45. The zero-order chi connectivity index (χ0) is 11.2. The van der Waals surface area contributed by atoms with Crippen molar-refractivity contribution in [2.75, 3.05) is 6.61 Å². The molecular weight excluding hydrogens is 198 g/mol. The summed E-state index contributed by atoms with van der Waals surface area (Å²) in [7, 11) is 0. The summed E-state index contributed by atoms with van der Waals surface area (Å²) in [5.74, 6) is 0.170. The van der Waals surface area contributed by atoms with Gasteiger partial charge in [-0.05, 0) is 29.7 Å². The Labute approximate surface area is 95.6 Å². The van der Waals surface area contributed by atoms with Gasteiger partial charge in [0.15, 0.2) is 0 Å². The highest BCUT2D eigenvalue weighted by molar-refractivity contribution is 5.23. The van der Waals surface area contributed by atoms with E-state index in [0.29, 0.717) is 0 Å². The van der Waals surface area contributed by atoms with Crippen LogP contribution in [0.25, 0.3) is 0 Å². The number of nitrogens with zero attached hydrogens (tertiary/aromatic N) is 1. The summed E-state index contributed by atoms with van der Waals surface area (Å²) in [6.07, 6.45) is 4.42. The van der Waals surface area contributed by atoms with Crippen molar-refractivity contribution in [2.45, 2.75) is 12.3 Å². The number of hydrogen-bond donors (Lipinski definition) is 1. The number of pyridine rings is 1. The maximum absolute atomic E-state index is 9.43. The molecule has 1 atom stereocenters. The van der Waals surface area contributed by atoms with Crippen molar-refractivity contribution in [2.24, 2.45) is 0 Å². The van der Waals surface area contributed by atoms with Crippen molar-refractivity contribution in [3.8, 4) is 0 Å². The lowest BCUT2D eigenvalue weighted by Crippen LogP contribution is -2.07. The van der Waals surface area contributed by atoms with E-state index in [-0.39, 0.29) is 12.5 Å². The molecule has 0 aliphatic heterocycles. The fourth-order valence-corrected chi connectivity index (χ4v) is 1.82. The number of aromatic nitrogens is 1. The Bertz CT molecular complexity index is 413. The van der Waals surface area contributed by atoms with E-state index in [4.69, 9.17) is 0 Å². The van der Waals surface area contributed by atoms with Gasteiger partial charge in [0.25, 0.3) is 0 Å². The van der Waals surface area contributed by atoms with E-state index >= 15 is 0 Å². The molecule has 0 radical (unpaired) electrons. The molecule has 1 heterocycles. The van der Waals surface area contributed by atoms with E-state index in [2.05, 4.69) is 17.1 Å². The second-order valence-electron chi connectivity index (χ2n) is 3.85. The second kappa shape index (κ2) is 5.42. The predicted octanol–water partition coefficient (Wildman–Crippen LogP) is 2.40. The van der Waals surface area contributed by atoms with Gasteiger partial charge in [0.05, 0.1) is 6.61 Å². The van der Waals surface area contributed by atoms with Crippen LogP contribution in [0.2, 0.25) is 0 Å². The Balaban J connectivity index is 2.13. The monoisotopic (exact) mass is 213 g/mol. The molecule has 0 bridgehead atoms. The molecule has 0 fully saturated rings. The summed E-state index contributed by atoms with van der Waals surface area (Å²) in [5.41, 5.74) is 2.39.